The largest absolute Gasteiger partial charge is 0.443 e. The molecule has 0 saturated heterocycles. The molecule has 1 aromatic heterocycles. The molecule has 0 saturated carbocycles. The summed E-state index contributed by atoms with van der Waals surface area (Å²) in [5.74, 6) is 0.634. The first kappa shape index (κ1) is 13.7. The van der Waals surface area contributed by atoms with Gasteiger partial charge in [0, 0.05) is 12.4 Å². The molecule has 0 unspecified atom stereocenters. The van der Waals surface area contributed by atoms with E-state index >= 15 is 0 Å². The van der Waals surface area contributed by atoms with Gasteiger partial charge in [-0.15, -0.1) is 0 Å². The highest BCUT2D eigenvalue weighted by Crippen LogP contribution is 2.09. The SMILES string of the molecule is CC.Cc1nccn1C(=O)OC(C)(C)C. The van der Waals surface area contributed by atoms with Gasteiger partial charge >= 0.3 is 6.09 Å². The Morgan fingerprint density at radius 3 is 2.27 bits per heavy atom. The number of carbonyl (C=O) groups is 1. The Bertz CT molecular complexity index is 311. The molecule has 0 N–H and O–H groups in total. The monoisotopic (exact) mass is 212 g/mol. The molecule has 0 fully saturated rings. The highest BCUT2D eigenvalue weighted by molar-refractivity contribution is 5.71. The van der Waals surface area contributed by atoms with E-state index < -0.39 is 5.60 Å². The highest BCUT2D eigenvalue weighted by atomic mass is 16.6. The van der Waals surface area contributed by atoms with Crippen LogP contribution in [0.3, 0.4) is 0 Å². The molecular weight excluding hydrogens is 192 g/mol. The maximum Gasteiger partial charge on any atom is 0.419 e. The molecule has 1 heterocycles. The summed E-state index contributed by atoms with van der Waals surface area (Å²) in [5.41, 5.74) is -0.464. The number of imidazole rings is 1. The minimum absolute atomic E-state index is 0.387. The van der Waals surface area contributed by atoms with Crippen LogP contribution in [0.4, 0.5) is 4.79 Å². The van der Waals surface area contributed by atoms with Crippen molar-refractivity contribution in [1.29, 1.82) is 0 Å². The van der Waals surface area contributed by atoms with Crippen molar-refractivity contribution >= 4 is 6.09 Å². The third-order valence-electron chi connectivity index (χ3n) is 1.42. The number of rotatable bonds is 0. The topological polar surface area (TPSA) is 44.1 Å². The number of hydrogen-bond donors (Lipinski definition) is 0. The van der Waals surface area contributed by atoms with Crippen LogP contribution in [0, 0.1) is 6.92 Å². The molecule has 0 radical (unpaired) electrons. The van der Waals surface area contributed by atoms with Crippen molar-refractivity contribution in [3.8, 4) is 0 Å². The smallest absolute Gasteiger partial charge is 0.419 e. The molecule has 0 aliphatic heterocycles. The molecule has 0 atom stereocenters. The zero-order chi connectivity index (χ0) is 12.1. The number of nitrogens with zero attached hydrogens (tertiary/aromatic N) is 2. The average molecular weight is 212 g/mol. The van der Waals surface area contributed by atoms with Gasteiger partial charge in [0.25, 0.3) is 0 Å². The first-order valence-corrected chi connectivity index (χ1v) is 5.13. The Morgan fingerprint density at radius 2 is 1.93 bits per heavy atom. The maximum atomic E-state index is 11.4. The van der Waals surface area contributed by atoms with Crippen LogP contribution < -0.4 is 0 Å². The van der Waals surface area contributed by atoms with Crippen LogP contribution in [-0.4, -0.2) is 21.2 Å². The summed E-state index contributed by atoms with van der Waals surface area (Å²) in [6, 6.07) is 0. The fourth-order valence-electron chi connectivity index (χ4n) is 0.882. The van der Waals surface area contributed by atoms with E-state index in [1.165, 1.54) is 4.57 Å². The zero-order valence-electron chi connectivity index (χ0n) is 10.4. The average Bonchev–Trinajstić information content (AvgIpc) is 2.52. The van der Waals surface area contributed by atoms with Crippen LogP contribution in [0.2, 0.25) is 0 Å². The molecule has 0 spiro atoms. The van der Waals surface area contributed by atoms with E-state index in [1.807, 2.05) is 34.6 Å². The van der Waals surface area contributed by atoms with Gasteiger partial charge in [0.2, 0.25) is 0 Å². The Balaban J connectivity index is 0.000000921. The van der Waals surface area contributed by atoms with Crippen molar-refractivity contribution in [2.24, 2.45) is 0 Å². The van der Waals surface area contributed by atoms with Crippen molar-refractivity contribution in [2.45, 2.75) is 47.1 Å². The number of hydrogen-bond acceptors (Lipinski definition) is 3. The Morgan fingerprint density at radius 1 is 1.40 bits per heavy atom. The first-order valence-electron chi connectivity index (χ1n) is 5.13. The summed E-state index contributed by atoms with van der Waals surface area (Å²) in [6.45, 7) is 11.2. The van der Waals surface area contributed by atoms with Gasteiger partial charge < -0.3 is 4.74 Å². The van der Waals surface area contributed by atoms with Crippen molar-refractivity contribution in [3.05, 3.63) is 18.2 Å². The number of aryl methyl sites for hydroxylation is 1. The summed E-state index contributed by atoms with van der Waals surface area (Å²) >= 11 is 0. The van der Waals surface area contributed by atoms with Gasteiger partial charge in [-0.3, -0.25) is 0 Å². The molecule has 0 aliphatic carbocycles. The predicted molar refractivity (Wildman–Crippen MR) is 59.9 cm³/mol. The van der Waals surface area contributed by atoms with Gasteiger partial charge in [0.15, 0.2) is 0 Å². The molecule has 4 nitrogen and oxygen atoms in total. The molecule has 15 heavy (non-hydrogen) atoms. The van der Waals surface area contributed by atoms with E-state index in [4.69, 9.17) is 4.74 Å². The van der Waals surface area contributed by atoms with Crippen molar-refractivity contribution in [2.75, 3.05) is 0 Å². The summed E-state index contributed by atoms with van der Waals surface area (Å²) in [6.07, 6.45) is 2.77. The standard InChI is InChI=1S/C9H14N2O2.C2H6/c1-7-10-5-6-11(7)8(12)13-9(2,3)4;1-2/h5-6H,1-4H3;1-2H3. The van der Waals surface area contributed by atoms with Crippen LogP contribution in [0.15, 0.2) is 12.4 Å². The first-order chi connectivity index (χ1) is 6.90. The molecule has 1 rings (SSSR count). The second kappa shape index (κ2) is 5.53. The van der Waals surface area contributed by atoms with E-state index in [9.17, 15) is 4.79 Å². The number of aromatic nitrogens is 2. The second-order valence-electron chi connectivity index (χ2n) is 3.82. The lowest BCUT2D eigenvalue weighted by Crippen LogP contribution is -2.27. The van der Waals surface area contributed by atoms with Gasteiger partial charge in [0.1, 0.15) is 11.4 Å². The lowest BCUT2D eigenvalue weighted by molar-refractivity contribution is 0.0533. The van der Waals surface area contributed by atoms with Crippen molar-refractivity contribution in [3.63, 3.8) is 0 Å². The molecule has 0 aromatic carbocycles. The molecular formula is C11H20N2O2. The Hall–Kier alpha value is -1.32. The van der Waals surface area contributed by atoms with Crippen LogP contribution >= 0.6 is 0 Å². The normalized spacial score (nSPS) is 10.3. The third-order valence-corrected chi connectivity index (χ3v) is 1.42. The van der Waals surface area contributed by atoms with Crippen molar-refractivity contribution < 1.29 is 9.53 Å². The van der Waals surface area contributed by atoms with Crippen LogP contribution in [0.25, 0.3) is 0 Å². The van der Waals surface area contributed by atoms with E-state index in [-0.39, 0.29) is 6.09 Å². The van der Waals surface area contributed by atoms with E-state index in [0.717, 1.165) is 0 Å². The van der Waals surface area contributed by atoms with Gasteiger partial charge in [-0.05, 0) is 27.7 Å². The van der Waals surface area contributed by atoms with Crippen LogP contribution in [0.1, 0.15) is 40.4 Å². The molecule has 0 aliphatic rings. The van der Waals surface area contributed by atoms with Gasteiger partial charge in [0.05, 0.1) is 0 Å². The van der Waals surface area contributed by atoms with E-state index in [2.05, 4.69) is 4.98 Å². The van der Waals surface area contributed by atoms with Gasteiger partial charge in [-0.1, -0.05) is 13.8 Å². The second-order valence-corrected chi connectivity index (χ2v) is 3.82. The summed E-state index contributed by atoms with van der Waals surface area (Å²) in [5, 5.41) is 0. The van der Waals surface area contributed by atoms with Crippen LogP contribution in [-0.2, 0) is 4.74 Å². The minimum Gasteiger partial charge on any atom is -0.443 e. The summed E-state index contributed by atoms with van der Waals surface area (Å²) in [4.78, 5) is 15.4. The lowest BCUT2D eigenvalue weighted by atomic mass is 10.2. The molecule has 0 amide bonds. The van der Waals surface area contributed by atoms with Gasteiger partial charge in [-0.25, -0.2) is 14.3 Å². The molecule has 1 aromatic rings. The van der Waals surface area contributed by atoms with E-state index in [1.54, 1.807) is 19.3 Å². The Labute approximate surface area is 91.3 Å². The number of carbonyl (C=O) groups excluding carboxylic acids is 1. The molecule has 86 valence electrons. The molecule has 4 heteroatoms. The summed E-state index contributed by atoms with van der Waals surface area (Å²) in [7, 11) is 0. The minimum atomic E-state index is -0.464. The van der Waals surface area contributed by atoms with Crippen LogP contribution in [0.5, 0.6) is 0 Å². The fraction of sp³-hybridized carbons (Fsp3) is 0.636. The summed E-state index contributed by atoms with van der Waals surface area (Å²) < 4.78 is 6.53. The van der Waals surface area contributed by atoms with E-state index in [0.29, 0.717) is 5.82 Å². The third kappa shape index (κ3) is 4.63. The maximum absolute atomic E-state index is 11.4. The number of ether oxygens (including phenoxy) is 1. The quantitative estimate of drug-likeness (QED) is 0.664. The lowest BCUT2D eigenvalue weighted by Gasteiger charge is -2.19. The van der Waals surface area contributed by atoms with Gasteiger partial charge in [-0.2, -0.15) is 0 Å². The fourth-order valence-corrected chi connectivity index (χ4v) is 0.882. The highest BCUT2D eigenvalue weighted by Gasteiger charge is 2.18. The molecule has 0 bridgehead atoms. The Kier molecular flexibility index (Phi) is 5.05. The van der Waals surface area contributed by atoms with Crippen molar-refractivity contribution in [1.82, 2.24) is 9.55 Å². The predicted octanol–water partition coefficient (Wildman–Crippen LogP) is 3.00. The zero-order valence-corrected chi connectivity index (χ0v) is 10.4.